The number of aromatic nitrogens is 1. The third-order valence-corrected chi connectivity index (χ3v) is 4.50. The van der Waals surface area contributed by atoms with Crippen LogP contribution in [0, 0.1) is 0 Å². The van der Waals surface area contributed by atoms with E-state index in [2.05, 4.69) is 41.4 Å². The smallest absolute Gasteiger partial charge is 0.303 e. The molecule has 3 heteroatoms. The molecule has 2 aromatic rings. The van der Waals surface area contributed by atoms with E-state index in [0.29, 0.717) is 6.42 Å². The van der Waals surface area contributed by atoms with Gasteiger partial charge in [-0.25, -0.2) is 0 Å². The molecular weight excluding hydrogens is 322 g/mol. The highest BCUT2D eigenvalue weighted by Crippen LogP contribution is 2.24. The standard InChI is InChI=1S/C23H29NO2/c25-23(26)17-11-6-4-2-1-3-5-10-16-22(20-13-8-7-9-14-20)21-15-12-18-24-19-21/h7-9,12-16,18-19H,1-6,10-11,17H2,(H,25,26)/b22-16+. The third-order valence-electron chi connectivity index (χ3n) is 4.50. The van der Waals surface area contributed by atoms with Crippen molar-refractivity contribution in [1.82, 2.24) is 4.98 Å². The fourth-order valence-electron chi connectivity index (χ4n) is 3.09. The molecule has 3 nitrogen and oxygen atoms in total. The molecule has 26 heavy (non-hydrogen) atoms. The average molecular weight is 351 g/mol. The highest BCUT2D eigenvalue weighted by atomic mass is 16.4. The lowest BCUT2D eigenvalue weighted by molar-refractivity contribution is -0.137. The van der Waals surface area contributed by atoms with Crippen LogP contribution in [0.25, 0.3) is 5.57 Å². The maximum Gasteiger partial charge on any atom is 0.303 e. The number of hydrogen-bond donors (Lipinski definition) is 1. The zero-order valence-corrected chi connectivity index (χ0v) is 15.4. The third kappa shape index (κ3) is 7.64. The molecule has 0 fully saturated rings. The van der Waals surface area contributed by atoms with E-state index in [1.54, 1.807) is 0 Å². The molecule has 1 heterocycles. The fraction of sp³-hybridized carbons (Fsp3) is 0.391. The lowest BCUT2D eigenvalue weighted by Gasteiger charge is -2.08. The number of allylic oxidation sites excluding steroid dienone is 1. The molecule has 0 spiro atoms. The molecule has 1 N–H and O–H groups in total. The molecule has 0 unspecified atom stereocenters. The molecule has 2 rings (SSSR count). The molecule has 1 aromatic carbocycles. The second-order valence-corrected chi connectivity index (χ2v) is 6.63. The van der Waals surface area contributed by atoms with Crippen LogP contribution in [0.4, 0.5) is 0 Å². The molecular formula is C23H29NO2. The summed E-state index contributed by atoms with van der Waals surface area (Å²) >= 11 is 0. The van der Waals surface area contributed by atoms with Gasteiger partial charge in [0.15, 0.2) is 0 Å². The van der Waals surface area contributed by atoms with Crippen molar-refractivity contribution >= 4 is 11.5 Å². The van der Waals surface area contributed by atoms with Crippen LogP contribution in [0.1, 0.15) is 68.9 Å². The second-order valence-electron chi connectivity index (χ2n) is 6.63. The maximum atomic E-state index is 10.5. The number of aliphatic carboxylic acids is 1. The van der Waals surface area contributed by atoms with E-state index in [-0.39, 0.29) is 0 Å². The summed E-state index contributed by atoms with van der Waals surface area (Å²) in [7, 11) is 0. The van der Waals surface area contributed by atoms with Gasteiger partial charge in [-0.15, -0.1) is 0 Å². The number of carboxylic acid groups (broad SMARTS) is 1. The van der Waals surface area contributed by atoms with Gasteiger partial charge < -0.3 is 5.11 Å². The van der Waals surface area contributed by atoms with Gasteiger partial charge >= 0.3 is 5.97 Å². The van der Waals surface area contributed by atoms with Gasteiger partial charge in [-0.3, -0.25) is 9.78 Å². The molecule has 0 bridgehead atoms. The highest BCUT2D eigenvalue weighted by molar-refractivity contribution is 5.79. The molecule has 0 saturated heterocycles. The Bertz CT molecular complexity index is 624. The number of carbonyl (C=O) groups is 1. The number of nitrogens with zero attached hydrogens (tertiary/aromatic N) is 1. The van der Waals surface area contributed by atoms with E-state index in [9.17, 15) is 4.79 Å². The first-order valence-corrected chi connectivity index (χ1v) is 9.65. The summed E-state index contributed by atoms with van der Waals surface area (Å²) in [6.07, 6.45) is 15.3. The van der Waals surface area contributed by atoms with Crippen molar-refractivity contribution in [3.8, 4) is 0 Å². The van der Waals surface area contributed by atoms with Crippen molar-refractivity contribution in [1.29, 1.82) is 0 Å². The lowest BCUT2D eigenvalue weighted by atomic mass is 9.97. The van der Waals surface area contributed by atoms with Crippen molar-refractivity contribution in [3.05, 3.63) is 72.1 Å². The summed E-state index contributed by atoms with van der Waals surface area (Å²) in [5, 5.41) is 8.61. The van der Waals surface area contributed by atoms with Crippen LogP contribution in [0.15, 0.2) is 60.9 Å². The fourth-order valence-corrected chi connectivity index (χ4v) is 3.09. The van der Waals surface area contributed by atoms with Gasteiger partial charge in [0, 0.05) is 24.4 Å². The van der Waals surface area contributed by atoms with E-state index >= 15 is 0 Å². The van der Waals surface area contributed by atoms with Gasteiger partial charge in [0.05, 0.1) is 0 Å². The SMILES string of the molecule is O=C(O)CCCCCCCCC/C=C(\c1ccccc1)c1cccnc1. The predicted octanol–water partition coefficient (Wildman–Crippen LogP) is 6.11. The Balaban J connectivity index is 1.74. The van der Waals surface area contributed by atoms with Crippen LogP contribution in [0.5, 0.6) is 0 Å². The van der Waals surface area contributed by atoms with Crippen LogP contribution < -0.4 is 0 Å². The first-order chi connectivity index (χ1) is 12.8. The normalized spacial score (nSPS) is 11.5. The van der Waals surface area contributed by atoms with Crippen molar-refractivity contribution in [2.75, 3.05) is 0 Å². The van der Waals surface area contributed by atoms with Gasteiger partial charge in [0.2, 0.25) is 0 Å². The summed E-state index contributed by atoms with van der Waals surface area (Å²) in [5.41, 5.74) is 3.66. The van der Waals surface area contributed by atoms with Gasteiger partial charge in [-0.1, -0.05) is 74.6 Å². The quantitative estimate of drug-likeness (QED) is 0.469. The van der Waals surface area contributed by atoms with Crippen LogP contribution in [0.2, 0.25) is 0 Å². The largest absolute Gasteiger partial charge is 0.481 e. The highest BCUT2D eigenvalue weighted by Gasteiger charge is 2.04. The van der Waals surface area contributed by atoms with Crippen LogP contribution in [-0.2, 0) is 4.79 Å². The monoisotopic (exact) mass is 351 g/mol. The maximum absolute atomic E-state index is 10.5. The summed E-state index contributed by atoms with van der Waals surface area (Å²) in [5.74, 6) is -0.681. The Labute approximate surface area is 156 Å². The van der Waals surface area contributed by atoms with Crippen molar-refractivity contribution in [2.24, 2.45) is 0 Å². The van der Waals surface area contributed by atoms with Crippen LogP contribution >= 0.6 is 0 Å². The average Bonchev–Trinajstić information content (AvgIpc) is 2.67. The zero-order chi connectivity index (χ0) is 18.5. The Morgan fingerprint density at radius 2 is 1.50 bits per heavy atom. The summed E-state index contributed by atoms with van der Waals surface area (Å²) in [4.78, 5) is 14.7. The molecule has 0 aliphatic carbocycles. The lowest BCUT2D eigenvalue weighted by Crippen LogP contribution is -1.93. The molecule has 0 aliphatic rings. The minimum absolute atomic E-state index is 0.307. The molecule has 1 aromatic heterocycles. The summed E-state index contributed by atoms with van der Waals surface area (Å²) in [6, 6.07) is 14.6. The minimum atomic E-state index is -0.681. The van der Waals surface area contributed by atoms with Crippen LogP contribution in [-0.4, -0.2) is 16.1 Å². The molecule has 0 aliphatic heterocycles. The van der Waals surface area contributed by atoms with E-state index < -0.39 is 5.97 Å². The summed E-state index contributed by atoms with van der Waals surface area (Å²) in [6.45, 7) is 0. The topological polar surface area (TPSA) is 50.2 Å². The van der Waals surface area contributed by atoms with Crippen molar-refractivity contribution in [2.45, 2.75) is 57.8 Å². The molecule has 0 saturated carbocycles. The first-order valence-electron chi connectivity index (χ1n) is 9.65. The molecule has 0 amide bonds. The first kappa shape index (κ1) is 19.9. The van der Waals surface area contributed by atoms with E-state index in [4.69, 9.17) is 5.11 Å². The predicted molar refractivity (Wildman–Crippen MR) is 107 cm³/mol. The van der Waals surface area contributed by atoms with Gasteiger partial charge in [-0.05, 0) is 36.5 Å². The van der Waals surface area contributed by atoms with Gasteiger partial charge in [0.25, 0.3) is 0 Å². The summed E-state index contributed by atoms with van der Waals surface area (Å²) < 4.78 is 0. The number of carboxylic acids is 1. The molecule has 0 radical (unpaired) electrons. The molecule has 0 atom stereocenters. The number of benzene rings is 1. The number of hydrogen-bond acceptors (Lipinski definition) is 2. The Hall–Kier alpha value is -2.42. The second kappa shape index (κ2) is 12.0. The van der Waals surface area contributed by atoms with Crippen LogP contribution in [0.3, 0.4) is 0 Å². The minimum Gasteiger partial charge on any atom is -0.481 e. The van der Waals surface area contributed by atoms with E-state index in [1.807, 2.05) is 24.5 Å². The van der Waals surface area contributed by atoms with E-state index in [1.165, 1.54) is 36.8 Å². The number of unbranched alkanes of at least 4 members (excludes halogenated alkanes) is 7. The Kier molecular flexibility index (Phi) is 9.20. The Morgan fingerprint density at radius 3 is 2.15 bits per heavy atom. The van der Waals surface area contributed by atoms with Crippen molar-refractivity contribution < 1.29 is 9.90 Å². The van der Waals surface area contributed by atoms with Gasteiger partial charge in [0.1, 0.15) is 0 Å². The van der Waals surface area contributed by atoms with E-state index in [0.717, 1.165) is 31.2 Å². The number of pyridine rings is 1. The number of rotatable bonds is 12. The van der Waals surface area contributed by atoms with Gasteiger partial charge in [-0.2, -0.15) is 0 Å². The Morgan fingerprint density at radius 1 is 0.846 bits per heavy atom. The van der Waals surface area contributed by atoms with Crippen molar-refractivity contribution in [3.63, 3.8) is 0 Å². The molecule has 138 valence electrons. The zero-order valence-electron chi connectivity index (χ0n) is 15.4.